The van der Waals surface area contributed by atoms with E-state index in [2.05, 4.69) is 22.1 Å². The molecule has 3 aromatic rings. The summed E-state index contributed by atoms with van der Waals surface area (Å²) in [5.74, 6) is 1.28. The topological polar surface area (TPSA) is 72.4 Å². The van der Waals surface area contributed by atoms with E-state index in [1.54, 1.807) is 13.3 Å². The van der Waals surface area contributed by atoms with E-state index < -0.39 is 0 Å². The second kappa shape index (κ2) is 6.23. The van der Waals surface area contributed by atoms with Crippen LogP contribution in [0.5, 0.6) is 5.75 Å². The Labute approximate surface area is 173 Å². The van der Waals surface area contributed by atoms with Crippen molar-refractivity contribution in [3.63, 3.8) is 0 Å². The van der Waals surface area contributed by atoms with Gasteiger partial charge in [0.25, 0.3) is 0 Å². The van der Waals surface area contributed by atoms with Gasteiger partial charge in [-0.2, -0.15) is 0 Å². The van der Waals surface area contributed by atoms with Gasteiger partial charge in [0.1, 0.15) is 5.75 Å². The molecule has 0 N–H and O–H groups in total. The highest BCUT2D eigenvalue weighted by Crippen LogP contribution is 2.53. The van der Waals surface area contributed by atoms with E-state index in [-0.39, 0.29) is 35.5 Å². The van der Waals surface area contributed by atoms with Crippen LogP contribution in [-0.2, 0) is 9.59 Å². The van der Waals surface area contributed by atoms with Gasteiger partial charge in [0.15, 0.2) is 5.82 Å². The van der Waals surface area contributed by atoms with Gasteiger partial charge in [-0.1, -0.05) is 12.2 Å². The number of ether oxygens (including phenoxy) is 1. The molecule has 30 heavy (non-hydrogen) atoms. The fourth-order valence-electron chi connectivity index (χ4n) is 5.19. The summed E-state index contributed by atoms with van der Waals surface area (Å²) in [5.41, 5.74) is 2.27. The normalized spacial score (nSPS) is 26.6. The molecule has 6 heteroatoms. The van der Waals surface area contributed by atoms with Crippen LogP contribution in [0.2, 0.25) is 0 Å². The summed E-state index contributed by atoms with van der Waals surface area (Å²) >= 11 is 0. The van der Waals surface area contributed by atoms with Crippen LogP contribution in [-0.4, -0.2) is 28.9 Å². The minimum atomic E-state index is -0.187. The van der Waals surface area contributed by atoms with Crippen molar-refractivity contribution in [2.75, 3.05) is 12.0 Å². The molecule has 2 heterocycles. The molecule has 148 valence electrons. The number of imide groups is 1. The third kappa shape index (κ3) is 2.36. The SMILES string of the molecule is COc1ccc2nc(-c3ccc(N4C(=O)[C@@H]5[C@H](C4=O)C4C=C[C@H]5C4)cc3)ncc2c1. The predicted octanol–water partition coefficient (Wildman–Crippen LogP) is 3.62. The Bertz CT molecular complexity index is 1200. The van der Waals surface area contributed by atoms with Gasteiger partial charge in [-0.15, -0.1) is 0 Å². The molecule has 2 aromatic carbocycles. The first-order valence-electron chi connectivity index (χ1n) is 10.1. The van der Waals surface area contributed by atoms with Gasteiger partial charge >= 0.3 is 0 Å². The molecule has 0 radical (unpaired) electrons. The van der Waals surface area contributed by atoms with Gasteiger partial charge < -0.3 is 4.74 Å². The first-order valence-corrected chi connectivity index (χ1v) is 10.1. The lowest BCUT2D eigenvalue weighted by Gasteiger charge is -2.17. The number of aromatic nitrogens is 2. The quantitative estimate of drug-likeness (QED) is 0.499. The molecule has 1 saturated carbocycles. The molecule has 6 nitrogen and oxygen atoms in total. The van der Waals surface area contributed by atoms with Crippen molar-refractivity contribution in [2.45, 2.75) is 6.42 Å². The van der Waals surface area contributed by atoms with Gasteiger partial charge in [-0.25, -0.2) is 9.97 Å². The lowest BCUT2D eigenvalue weighted by atomic mass is 9.85. The molecule has 1 unspecified atom stereocenters. The molecule has 2 aliphatic carbocycles. The van der Waals surface area contributed by atoms with Crippen LogP contribution >= 0.6 is 0 Å². The highest BCUT2D eigenvalue weighted by Gasteiger charge is 2.59. The highest BCUT2D eigenvalue weighted by atomic mass is 16.5. The maximum absolute atomic E-state index is 13.0. The zero-order chi connectivity index (χ0) is 20.4. The maximum atomic E-state index is 13.0. The number of benzene rings is 2. The number of hydrogen-bond donors (Lipinski definition) is 0. The van der Waals surface area contributed by atoms with E-state index in [0.29, 0.717) is 11.5 Å². The number of carbonyl (C=O) groups excluding carboxylic acids is 2. The van der Waals surface area contributed by atoms with Crippen molar-refractivity contribution >= 4 is 28.4 Å². The summed E-state index contributed by atoms with van der Waals surface area (Å²) in [6.45, 7) is 0. The number of allylic oxidation sites excluding steroid dienone is 2. The van der Waals surface area contributed by atoms with Gasteiger partial charge in [0.05, 0.1) is 30.1 Å². The summed E-state index contributed by atoms with van der Waals surface area (Å²) in [6, 6.07) is 13.0. The molecule has 4 atom stereocenters. The standard InChI is InChI=1S/C24H19N3O3/c1-30-18-8-9-19-16(11-18)12-25-22(26-19)13-4-6-17(7-5-13)27-23(28)20-14-2-3-15(10-14)21(20)24(27)29/h2-9,11-12,14-15,20-21H,10H2,1H3/t14-,15?,20-,21+/m0/s1. The largest absolute Gasteiger partial charge is 0.497 e. The van der Waals surface area contributed by atoms with Gasteiger partial charge in [-0.3, -0.25) is 14.5 Å². The van der Waals surface area contributed by atoms with Crippen molar-refractivity contribution in [1.29, 1.82) is 0 Å². The van der Waals surface area contributed by atoms with Crippen molar-refractivity contribution in [3.05, 3.63) is 60.8 Å². The number of rotatable bonds is 3. The number of nitrogens with zero attached hydrogens (tertiary/aromatic N) is 3. The summed E-state index contributed by atoms with van der Waals surface area (Å²) < 4.78 is 5.24. The Morgan fingerprint density at radius 1 is 0.967 bits per heavy atom. The number of fused-ring (bicyclic) bond motifs is 6. The second-order valence-corrected chi connectivity index (χ2v) is 8.18. The molecule has 0 spiro atoms. The van der Waals surface area contributed by atoms with Gasteiger partial charge in [0.2, 0.25) is 11.8 Å². The van der Waals surface area contributed by atoms with Crippen LogP contribution < -0.4 is 9.64 Å². The van der Waals surface area contributed by atoms with E-state index in [9.17, 15) is 9.59 Å². The number of methoxy groups -OCH3 is 1. The summed E-state index contributed by atoms with van der Waals surface area (Å²) in [7, 11) is 1.63. The molecular formula is C24H19N3O3. The van der Waals surface area contributed by atoms with Crippen LogP contribution in [0.3, 0.4) is 0 Å². The maximum Gasteiger partial charge on any atom is 0.238 e. The van der Waals surface area contributed by atoms with E-state index in [0.717, 1.165) is 28.6 Å². The Morgan fingerprint density at radius 3 is 2.33 bits per heavy atom. The minimum Gasteiger partial charge on any atom is -0.497 e. The Kier molecular flexibility index (Phi) is 3.60. The van der Waals surface area contributed by atoms with Crippen molar-refractivity contribution < 1.29 is 14.3 Å². The Hall–Kier alpha value is -3.54. The molecule has 3 aliphatic rings. The smallest absolute Gasteiger partial charge is 0.238 e. The summed E-state index contributed by atoms with van der Waals surface area (Å²) in [6.07, 6.45) is 6.92. The Balaban J connectivity index is 1.30. The zero-order valence-electron chi connectivity index (χ0n) is 16.4. The third-order valence-corrected chi connectivity index (χ3v) is 6.64. The van der Waals surface area contributed by atoms with Crippen molar-refractivity contribution in [2.24, 2.45) is 23.7 Å². The second-order valence-electron chi connectivity index (χ2n) is 8.18. The van der Waals surface area contributed by atoms with Crippen LogP contribution in [0.25, 0.3) is 22.3 Å². The van der Waals surface area contributed by atoms with Crippen LogP contribution in [0, 0.1) is 23.7 Å². The predicted molar refractivity (Wildman–Crippen MR) is 112 cm³/mol. The van der Waals surface area contributed by atoms with Gasteiger partial charge in [-0.05, 0) is 60.7 Å². The highest BCUT2D eigenvalue weighted by molar-refractivity contribution is 6.22. The fourth-order valence-corrected chi connectivity index (χ4v) is 5.19. The number of anilines is 1. The van der Waals surface area contributed by atoms with Gasteiger partial charge in [0, 0.05) is 17.1 Å². The molecular weight excluding hydrogens is 378 g/mol. The average Bonchev–Trinajstić information content (AvgIpc) is 3.47. The number of amides is 2. The van der Waals surface area contributed by atoms with Crippen LogP contribution in [0.1, 0.15) is 6.42 Å². The van der Waals surface area contributed by atoms with E-state index >= 15 is 0 Å². The number of hydrogen-bond acceptors (Lipinski definition) is 5. The minimum absolute atomic E-state index is 0.0643. The summed E-state index contributed by atoms with van der Waals surface area (Å²) in [5, 5.41) is 0.901. The van der Waals surface area contributed by atoms with Crippen LogP contribution in [0.15, 0.2) is 60.8 Å². The Morgan fingerprint density at radius 2 is 1.67 bits per heavy atom. The van der Waals surface area contributed by atoms with E-state index in [4.69, 9.17) is 4.74 Å². The molecule has 6 rings (SSSR count). The monoisotopic (exact) mass is 397 g/mol. The molecule has 2 amide bonds. The van der Waals surface area contributed by atoms with Crippen LogP contribution in [0.4, 0.5) is 5.69 Å². The van der Waals surface area contributed by atoms with E-state index in [1.165, 1.54) is 4.90 Å². The molecule has 1 aromatic heterocycles. The van der Waals surface area contributed by atoms with Crippen molar-refractivity contribution in [1.82, 2.24) is 9.97 Å². The first-order chi connectivity index (χ1) is 14.6. The third-order valence-electron chi connectivity index (χ3n) is 6.64. The molecule has 2 bridgehead atoms. The van der Waals surface area contributed by atoms with E-state index in [1.807, 2.05) is 42.5 Å². The fraction of sp³-hybridized carbons (Fsp3) is 0.250. The lowest BCUT2D eigenvalue weighted by molar-refractivity contribution is -0.123. The first kappa shape index (κ1) is 17.3. The number of carbonyl (C=O) groups is 2. The molecule has 1 saturated heterocycles. The zero-order valence-corrected chi connectivity index (χ0v) is 16.4. The molecule has 2 fully saturated rings. The van der Waals surface area contributed by atoms with Crippen molar-refractivity contribution in [3.8, 4) is 17.1 Å². The summed E-state index contributed by atoms with van der Waals surface area (Å²) in [4.78, 5) is 36.4. The average molecular weight is 397 g/mol. The molecule has 1 aliphatic heterocycles. The lowest BCUT2D eigenvalue weighted by Crippen LogP contribution is -2.32.